The molecule has 2 aromatic rings. The van der Waals surface area contributed by atoms with Crippen LogP contribution in [0.25, 0.3) is 0 Å². The van der Waals surface area contributed by atoms with E-state index in [0.717, 1.165) is 11.4 Å². The van der Waals surface area contributed by atoms with Crippen molar-refractivity contribution in [2.24, 2.45) is 0 Å². The van der Waals surface area contributed by atoms with Crippen LogP contribution in [0.2, 0.25) is 0 Å². The lowest BCUT2D eigenvalue weighted by Gasteiger charge is -2.10. The monoisotopic (exact) mass is 301 g/mol. The van der Waals surface area contributed by atoms with Gasteiger partial charge in [-0.3, -0.25) is 5.43 Å². The standard InChI is InChI=1S/C14H15N5O3/c1-8-5-9(2)16-13(15-8)18-19-14(20)17-10-3-4-11-12(6-10)22-7-21-11/h3-6H,7H2,1-2H3,(H,15,16,18)(H2,17,19,20). The lowest BCUT2D eigenvalue weighted by molar-refractivity contribution is 0.174. The molecule has 0 fully saturated rings. The predicted octanol–water partition coefficient (Wildman–Crippen LogP) is 1.97. The number of benzene rings is 1. The minimum absolute atomic E-state index is 0.191. The molecule has 0 radical (unpaired) electrons. The molecule has 2 amide bonds. The van der Waals surface area contributed by atoms with Gasteiger partial charge in [-0.25, -0.2) is 20.2 Å². The molecule has 0 saturated heterocycles. The zero-order valence-corrected chi connectivity index (χ0v) is 12.1. The number of hydrazine groups is 1. The fourth-order valence-electron chi connectivity index (χ4n) is 2.03. The summed E-state index contributed by atoms with van der Waals surface area (Å²) in [5, 5.41) is 2.67. The van der Waals surface area contributed by atoms with Crippen LogP contribution >= 0.6 is 0 Å². The van der Waals surface area contributed by atoms with Crippen LogP contribution in [-0.2, 0) is 0 Å². The average molecular weight is 301 g/mol. The molecular formula is C14H15N5O3. The van der Waals surface area contributed by atoms with Gasteiger partial charge in [0, 0.05) is 23.1 Å². The summed E-state index contributed by atoms with van der Waals surface area (Å²) < 4.78 is 10.5. The Balaban J connectivity index is 1.58. The summed E-state index contributed by atoms with van der Waals surface area (Å²) in [7, 11) is 0. The van der Waals surface area contributed by atoms with E-state index in [2.05, 4.69) is 26.1 Å². The number of aryl methyl sites for hydroxylation is 2. The maximum atomic E-state index is 11.8. The number of nitrogens with one attached hydrogen (secondary N) is 3. The highest BCUT2D eigenvalue weighted by atomic mass is 16.7. The molecule has 114 valence electrons. The van der Waals surface area contributed by atoms with Gasteiger partial charge in [-0.1, -0.05) is 0 Å². The Labute approximate surface area is 126 Å². The zero-order valence-electron chi connectivity index (χ0n) is 12.1. The number of urea groups is 1. The summed E-state index contributed by atoms with van der Waals surface area (Å²) >= 11 is 0. The summed E-state index contributed by atoms with van der Waals surface area (Å²) in [6, 6.07) is 6.55. The normalized spacial score (nSPS) is 11.9. The van der Waals surface area contributed by atoms with Gasteiger partial charge in [0.05, 0.1) is 0 Å². The van der Waals surface area contributed by atoms with Crippen molar-refractivity contribution in [3.63, 3.8) is 0 Å². The fraction of sp³-hybridized carbons (Fsp3) is 0.214. The molecule has 0 bridgehead atoms. The highest BCUT2D eigenvalue weighted by Gasteiger charge is 2.14. The van der Waals surface area contributed by atoms with E-state index in [1.54, 1.807) is 18.2 Å². The summed E-state index contributed by atoms with van der Waals surface area (Å²) in [5.41, 5.74) is 7.34. The number of nitrogens with zero attached hydrogens (tertiary/aromatic N) is 2. The van der Waals surface area contributed by atoms with Gasteiger partial charge in [-0.15, -0.1) is 0 Å². The molecule has 3 rings (SSSR count). The van der Waals surface area contributed by atoms with Gasteiger partial charge in [-0.2, -0.15) is 0 Å². The van der Waals surface area contributed by atoms with Gasteiger partial charge in [0.15, 0.2) is 11.5 Å². The van der Waals surface area contributed by atoms with E-state index in [0.29, 0.717) is 23.1 Å². The fourth-order valence-corrected chi connectivity index (χ4v) is 2.03. The number of aromatic nitrogens is 2. The molecule has 22 heavy (non-hydrogen) atoms. The Bertz CT molecular complexity index is 699. The highest BCUT2D eigenvalue weighted by Crippen LogP contribution is 2.34. The van der Waals surface area contributed by atoms with Crippen LogP contribution in [0.15, 0.2) is 24.3 Å². The van der Waals surface area contributed by atoms with E-state index in [4.69, 9.17) is 9.47 Å². The molecule has 3 N–H and O–H groups in total. The number of carbonyl (C=O) groups excluding carboxylic acids is 1. The predicted molar refractivity (Wildman–Crippen MR) is 79.8 cm³/mol. The number of ether oxygens (including phenoxy) is 2. The molecule has 1 aliphatic rings. The third kappa shape index (κ3) is 3.17. The first kappa shape index (κ1) is 13.9. The van der Waals surface area contributed by atoms with E-state index in [-0.39, 0.29) is 6.79 Å². The topological polar surface area (TPSA) is 97.4 Å². The van der Waals surface area contributed by atoms with Crippen molar-refractivity contribution in [1.29, 1.82) is 0 Å². The molecule has 8 nitrogen and oxygen atoms in total. The number of carbonyl (C=O) groups is 1. The minimum Gasteiger partial charge on any atom is -0.454 e. The number of rotatable bonds is 3. The largest absolute Gasteiger partial charge is 0.454 e. The van der Waals surface area contributed by atoms with Crippen molar-refractivity contribution in [2.75, 3.05) is 17.5 Å². The van der Waals surface area contributed by atoms with Crippen LogP contribution in [-0.4, -0.2) is 22.8 Å². The van der Waals surface area contributed by atoms with Crippen LogP contribution < -0.4 is 25.6 Å². The Morgan fingerprint density at radius 3 is 2.59 bits per heavy atom. The van der Waals surface area contributed by atoms with Crippen LogP contribution in [0.1, 0.15) is 11.4 Å². The molecular weight excluding hydrogens is 286 g/mol. The van der Waals surface area contributed by atoms with Gasteiger partial charge in [0.2, 0.25) is 12.7 Å². The zero-order chi connectivity index (χ0) is 15.5. The lowest BCUT2D eigenvalue weighted by atomic mass is 10.3. The number of hydrogen-bond acceptors (Lipinski definition) is 6. The Hall–Kier alpha value is -3.03. The smallest absolute Gasteiger partial charge is 0.337 e. The highest BCUT2D eigenvalue weighted by molar-refractivity contribution is 5.90. The molecule has 0 saturated carbocycles. The van der Waals surface area contributed by atoms with Crippen molar-refractivity contribution in [3.8, 4) is 11.5 Å². The molecule has 8 heteroatoms. The van der Waals surface area contributed by atoms with Crippen molar-refractivity contribution < 1.29 is 14.3 Å². The van der Waals surface area contributed by atoms with Crippen molar-refractivity contribution in [1.82, 2.24) is 15.4 Å². The Morgan fingerprint density at radius 2 is 1.82 bits per heavy atom. The molecule has 0 aliphatic carbocycles. The number of hydrogen-bond donors (Lipinski definition) is 3. The van der Waals surface area contributed by atoms with Crippen LogP contribution in [0.5, 0.6) is 11.5 Å². The van der Waals surface area contributed by atoms with Gasteiger partial charge >= 0.3 is 6.03 Å². The second-order valence-electron chi connectivity index (χ2n) is 4.75. The summed E-state index contributed by atoms with van der Waals surface area (Å²) in [6.07, 6.45) is 0. The number of fused-ring (bicyclic) bond motifs is 1. The Morgan fingerprint density at radius 1 is 1.09 bits per heavy atom. The minimum atomic E-state index is -0.443. The van der Waals surface area contributed by atoms with Gasteiger partial charge in [0.1, 0.15) is 0 Å². The van der Waals surface area contributed by atoms with Gasteiger partial charge in [0.25, 0.3) is 0 Å². The molecule has 0 atom stereocenters. The van der Waals surface area contributed by atoms with E-state index < -0.39 is 6.03 Å². The summed E-state index contributed by atoms with van der Waals surface area (Å²) in [4.78, 5) is 20.2. The third-order valence-electron chi connectivity index (χ3n) is 2.90. The van der Waals surface area contributed by atoms with E-state index in [1.165, 1.54) is 0 Å². The molecule has 2 heterocycles. The quantitative estimate of drug-likeness (QED) is 0.750. The van der Waals surface area contributed by atoms with Crippen LogP contribution in [0.4, 0.5) is 16.4 Å². The Kier molecular flexibility index (Phi) is 3.65. The average Bonchev–Trinajstić information content (AvgIpc) is 2.92. The number of anilines is 2. The van der Waals surface area contributed by atoms with Crippen LogP contribution in [0, 0.1) is 13.8 Å². The van der Waals surface area contributed by atoms with E-state index in [1.807, 2.05) is 19.9 Å². The lowest BCUT2D eigenvalue weighted by Crippen LogP contribution is -2.34. The van der Waals surface area contributed by atoms with Crippen molar-refractivity contribution in [3.05, 3.63) is 35.7 Å². The third-order valence-corrected chi connectivity index (χ3v) is 2.90. The summed E-state index contributed by atoms with van der Waals surface area (Å²) in [6.45, 7) is 3.90. The first-order chi connectivity index (χ1) is 10.6. The van der Waals surface area contributed by atoms with Crippen molar-refractivity contribution in [2.45, 2.75) is 13.8 Å². The maximum Gasteiger partial charge on any atom is 0.337 e. The molecule has 1 aromatic heterocycles. The molecule has 0 unspecified atom stereocenters. The summed E-state index contributed by atoms with van der Waals surface area (Å²) in [5.74, 6) is 1.59. The molecule has 1 aromatic carbocycles. The SMILES string of the molecule is Cc1cc(C)nc(NNC(=O)Nc2ccc3c(c2)OCO3)n1. The molecule has 0 spiro atoms. The van der Waals surface area contributed by atoms with Crippen LogP contribution in [0.3, 0.4) is 0 Å². The second kappa shape index (κ2) is 5.76. The van der Waals surface area contributed by atoms with E-state index in [9.17, 15) is 4.79 Å². The second-order valence-corrected chi connectivity index (χ2v) is 4.75. The van der Waals surface area contributed by atoms with Crippen molar-refractivity contribution >= 4 is 17.7 Å². The maximum absolute atomic E-state index is 11.8. The first-order valence-electron chi connectivity index (χ1n) is 6.65. The molecule has 1 aliphatic heterocycles. The van der Waals surface area contributed by atoms with Gasteiger partial charge in [-0.05, 0) is 32.0 Å². The van der Waals surface area contributed by atoms with Gasteiger partial charge < -0.3 is 14.8 Å². The van der Waals surface area contributed by atoms with E-state index >= 15 is 0 Å². The number of amides is 2. The first-order valence-corrected chi connectivity index (χ1v) is 6.65.